The maximum Gasteiger partial charge on any atom is 0.246 e. The van der Waals surface area contributed by atoms with Crippen LogP contribution < -0.4 is 0 Å². The van der Waals surface area contributed by atoms with Crippen LogP contribution >= 0.6 is 11.3 Å². The number of fused-ring (bicyclic) bond motifs is 1. The van der Waals surface area contributed by atoms with Crippen molar-refractivity contribution in [3.63, 3.8) is 0 Å². The molecule has 25 heavy (non-hydrogen) atoms. The topological polar surface area (TPSA) is 49.6 Å². The molecular weight excluding hydrogens is 334 g/mol. The third kappa shape index (κ3) is 3.81. The first-order chi connectivity index (χ1) is 12.3. The summed E-state index contributed by atoms with van der Waals surface area (Å²) in [6.45, 7) is 4.28. The molecule has 0 radical (unpaired) electrons. The second kappa shape index (κ2) is 7.21. The van der Waals surface area contributed by atoms with Crippen LogP contribution in [0.2, 0.25) is 0 Å². The van der Waals surface area contributed by atoms with Gasteiger partial charge in [-0.3, -0.25) is 9.69 Å². The molecule has 0 unspecified atom stereocenters. The van der Waals surface area contributed by atoms with Crippen molar-refractivity contribution in [2.75, 3.05) is 26.2 Å². The van der Waals surface area contributed by atoms with Crippen LogP contribution in [-0.4, -0.2) is 46.9 Å². The Morgan fingerprint density at radius 2 is 2.00 bits per heavy atom. The largest absolute Gasteiger partial charge is 0.437 e. The van der Waals surface area contributed by atoms with Crippen molar-refractivity contribution < 1.29 is 9.21 Å². The number of amides is 1. The number of aromatic nitrogens is 1. The van der Waals surface area contributed by atoms with Crippen LogP contribution in [-0.2, 0) is 11.3 Å². The number of carbonyl (C=O) groups is 1. The molecule has 1 fully saturated rings. The van der Waals surface area contributed by atoms with Crippen LogP contribution in [0.15, 0.2) is 52.3 Å². The van der Waals surface area contributed by atoms with E-state index in [1.54, 1.807) is 23.5 Å². The predicted octanol–water partition coefficient (Wildman–Crippen LogP) is 3.25. The summed E-state index contributed by atoms with van der Waals surface area (Å²) < 4.78 is 5.61. The lowest BCUT2D eigenvalue weighted by molar-refractivity contribution is -0.127. The Labute approximate surface area is 150 Å². The zero-order valence-electron chi connectivity index (χ0n) is 13.8. The predicted molar refractivity (Wildman–Crippen MR) is 99.2 cm³/mol. The molecule has 1 amide bonds. The summed E-state index contributed by atoms with van der Waals surface area (Å²) in [6, 6.07) is 11.8. The van der Waals surface area contributed by atoms with Gasteiger partial charge in [0.05, 0.1) is 0 Å². The van der Waals surface area contributed by atoms with Gasteiger partial charge in [-0.1, -0.05) is 18.2 Å². The van der Waals surface area contributed by atoms with Crippen molar-refractivity contribution in [1.29, 1.82) is 0 Å². The molecule has 2 aromatic heterocycles. The average molecular weight is 353 g/mol. The Hall–Kier alpha value is -2.44. The number of nitrogens with zero attached hydrogens (tertiary/aromatic N) is 3. The SMILES string of the molecule is O=C(/C=C/c1nc2ccccc2o1)N1CCN(Cc2cccs2)CC1. The van der Waals surface area contributed by atoms with Crippen LogP contribution in [0, 0.1) is 0 Å². The molecule has 5 nitrogen and oxygen atoms in total. The van der Waals surface area contributed by atoms with Crippen LogP contribution in [0.25, 0.3) is 17.2 Å². The molecule has 1 aliphatic rings. The molecule has 6 heteroatoms. The van der Waals surface area contributed by atoms with E-state index in [0.717, 1.165) is 43.8 Å². The lowest BCUT2D eigenvalue weighted by Crippen LogP contribution is -2.47. The lowest BCUT2D eigenvalue weighted by Gasteiger charge is -2.33. The first-order valence-corrected chi connectivity index (χ1v) is 9.23. The number of benzene rings is 1. The first kappa shape index (κ1) is 16.1. The van der Waals surface area contributed by atoms with Crippen molar-refractivity contribution in [2.24, 2.45) is 0 Å². The fourth-order valence-corrected chi connectivity index (χ4v) is 3.70. The summed E-state index contributed by atoms with van der Waals surface area (Å²) in [7, 11) is 0. The molecule has 0 N–H and O–H groups in total. The number of carbonyl (C=O) groups excluding carboxylic acids is 1. The van der Waals surface area contributed by atoms with Gasteiger partial charge in [-0.15, -0.1) is 11.3 Å². The molecule has 0 saturated carbocycles. The third-order valence-corrected chi connectivity index (χ3v) is 5.18. The van der Waals surface area contributed by atoms with E-state index in [-0.39, 0.29) is 5.91 Å². The highest BCUT2D eigenvalue weighted by atomic mass is 32.1. The van der Waals surface area contributed by atoms with Gasteiger partial charge >= 0.3 is 0 Å². The number of para-hydroxylation sites is 2. The molecule has 1 saturated heterocycles. The molecule has 0 atom stereocenters. The Kier molecular flexibility index (Phi) is 4.63. The molecule has 0 bridgehead atoms. The van der Waals surface area contributed by atoms with Crippen LogP contribution in [0.5, 0.6) is 0 Å². The van der Waals surface area contributed by atoms with Crippen molar-refractivity contribution >= 4 is 34.4 Å². The molecule has 1 aliphatic heterocycles. The quantitative estimate of drug-likeness (QED) is 0.676. The Bertz CT molecular complexity index is 844. The number of rotatable bonds is 4. The van der Waals surface area contributed by atoms with Gasteiger partial charge in [-0.25, -0.2) is 4.98 Å². The van der Waals surface area contributed by atoms with E-state index in [9.17, 15) is 4.79 Å². The summed E-state index contributed by atoms with van der Waals surface area (Å²) in [6.07, 6.45) is 3.21. The van der Waals surface area contributed by atoms with Crippen LogP contribution in [0.1, 0.15) is 10.8 Å². The summed E-state index contributed by atoms with van der Waals surface area (Å²) in [5.41, 5.74) is 1.54. The highest BCUT2D eigenvalue weighted by molar-refractivity contribution is 7.09. The van der Waals surface area contributed by atoms with Gasteiger partial charge in [0.1, 0.15) is 5.52 Å². The molecule has 0 aliphatic carbocycles. The fraction of sp³-hybridized carbons (Fsp3) is 0.263. The highest BCUT2D eigenvalue weighted by Crippen LogP contribution is 2.16. The molecule has 0 spiro atoms. The van der Waals surface area contributed by atoms with Crippen LogP contribution in [0.3, 0.4) is 0 Å². The van der Waals surface area contributed by atoms with Gasteiger partial charge in [-0.05, 0) is 23.6 Å². The highest BCUT2D eigenvalue weighted by Gasteiger charge is 2.19. The minimum atomic E-state index is 0.0121. The number of oxazole rings is 1. The number of hydrogen-bond acceptors (Lipinski definition) is 5. The molecule has 128 valence electrons. The Balaban J connectivity index is 1.32. The van der Waals surface area contributed by atoms with E-state index in [0.29, 0.717) is 5.89 Å². The standard InChI is InChI=1S/C19H19N3O2S/c23-19(8-7-18-20-16-5-1-2-6-17(16)24-18)22-11-9-21(10-12-22)14-15-4-3-13-25-15/h1-8,13H,9-12,14H2/b8-7+. The maximum absolute atomic E-state index is 12.4. The number of hydrogen-bond donors (Lipinski definition) is 0. The monoisotopic (exact) mass is 353 g/mol. The maximum atomic E-state index is 12.4. The summed E-state index contributed by atoms with van der Waals surface area (Å²) in [4.78, 5) is 22.4. The molecule has 3 heterocycles. The van der Waals surface area contributed by atoms with Gasteiger partial charge in [0.25, 0.3) is 0 Å². The van der Waals surface area contributed by atoms with Crippen molar-refractivity contribution in [3.05, 3.63) is 58.6 Å². The van der Waals surface area contributed by atoms with E-state index in [2.05, 4.69) is 27.4 Å². The fourth-order valence-electron chi connectivity index (χ4n) is 2.96. The van der Waals surface area contributed by atoms with Crippen molar-refractivity contribution in [3.8, 4) is 0 Å². The second-order valence-electron chi connectivity index (χ2n) is 6.03. The summed E-state index contributed by atoms with van der Waals surface area (Å²) >= 11 is 1.78. The zero-order valence-corrected chi connectivity index (χ0v) is 14.6. The summed E-state index contributed by atoms with van der Waals surface area (Å²) in [5.74, 6) is 0.476. The first-order valence-electron chi connectivity index (χ1n) is 8.35. The average Bonchev–Trinajstić information content (AvgIpc) is 3.29. The number of piperazine rings is 1. The normalized spacial score (nSPS) is 16.1. The molecule has 3 aromatic rings. The minimum absolute atomic E-state index is 0.0121. The summed E-state index contributed by atoms with van der Waals surface area (Å²) in [5, 5.41) is 2.10. The molecule has 1 aromatic carbocycles. The van der Waals surface area contributed by atoms with Crippen LogP contribution in [0.4, 0.5) is 0 Å². The molecule has 4 rings (SSSR count). The van der Waals surface area contributed by atoms with E-state index < -0.39 is 0 Å². The van der Waals surface area contributed by atoms with E-state index >= 15 is 0 Å². The zero-order chi connectivity index (χ0) is 17.1. The Morgan fingerprint density at radius 1 is 1.16 bits per heavy atom. The van der Waals surface area contributed by atoms with E-state index in [4.69, 9.17) is 4.42 Å². The van der Waals surface area contributed by atoms with E-state index in [1.807, 2.05) is 29.2 Å². The van der Waals surface area contributed by atoms with Gasteiger partial charge in [0.15, 0.2) is 5.58 Å². The van der Waals surface area contributed by atoms with Crippen molar-refractivity contribution in [1.82, 2.24) is 14.8 Å². The lowest BCUT2D eigenvalue weighted by atomic mass is 10.3. The van der Waals surface area contributed by atoms with Gasteiger partial charge < -0.3 is 9.32 Å². The minimum Gasteiger partial charge on any atom is -0.437 e. The van der Waals surface area contributed by atoms with Gasteiger partial charge in [0, 0.05) is 49.8 Å². The molecular formula is C19H19N3O2S. The third-order valence-electron chi connectivity index (χ3n) is 4.32. The Morgan fingerprint density at radius 3 is 2.76 bits per heavy atom. The van der Waals surface area contributed by atoms with Gasteiger partial charge in [0.2, 0.25) is 11.8 Å². The smallest absolute Gasteiger partial charge is 0.246 e. The van der Waals surface area contributed by atoms with Gasteiger partial charge in [-0.2, -0.15) is 0 Å². The second-order valence-corrected chi connectivity index (χ2v) is 7.07. The van der Waals surface area contributed by atoms with Crippen molar-refractivity contribution in [2.45, 2.75) is 6.54 Å². The van der Waals surface area contributed by atoms with E-state index in [1.165, 1.54) is 4.88 Å². The number of thiophene rings is 1.